The highest BCUT2D eigenvalue weighted by atomic mass is 16.5. The van der Waals surface area contributed by atoms with Gasteiger partial charge in [0.25, 0.3) is 0 Å². The number of aliphatic hydroxyl groups is 1. The summed E-state index contributed by atoms with van der Waals surface area (Å²) in [5.41, 5.74) is 1.80. The molecule has 3 heteroatoms. The Morgan fingerprint density at radius 3 is 3.00 bits per heavy atom. The summed E-state index contributed by atoms with van der Waals surface area (Å²) < 4.78 is 10.5. The van der Waals surface area contributed by atoms with Crippen LogP contribution >= 0.6 is 0 Å². The summed E-state index contributed by atoms with van der Waals surface area (Å²) in [6, 6.07) is 5.72. The van der Waals surface area contributed by atoms with E-state index in [9.17, 15) is 0 Å². The van der Waals surface area contributed by atoms with E-state index >= 15 is 0 Å². The summed E-state index contributed by atoms with van der Waals surface area (Å²) in [6.07, 6.45) is 2.23. The molecule has 2 rings (SSSR count). The van der Waals surface area contributed by atoms with Crippen LogP contribution in [-0.4, -0.2) is 18.8 Å². The molecule has 0 aliphatic heterocycles. The largest absolute Gasteiger partial charge is 0.496 e. The van der Waals surface area contributed by atoms with Gasteiger partial charge in [-0.2, -0.15) is 0 Å². The fourth-order valence-electron chi connectivity index (χ4n) is 1.54. The molecule has 1 N–H and O–H groups in total. The summed E-state index contributed by atoms with van der Waals surface area (Å²) >= 11 is 0. The Bertz CT molecular complexity index is 431. The van der Waals surface area contributed by atoms with Crippen molar-refractivity contribution in [2.45, 2.75) is 6.42 Å². The van der Waals surface area contributed by atoms with E-state index in [4.69, 9.17) is 14.3 Å². The standard InChI is InChI=1S/C11H12O3/c1-13-10-6-9-3-5-14-11(9)7-8(10)2-4-12/h3,5-7,12H,2,4H2,1H3. The van der Waals surface area contributed by atoms with Crippen LogP contribution in [0.4, 0.5) is 0 Å². The summed E-state index contributed by atoms with van der Waals surface area (Å²) in [7, 11) is 1.63. The van der Waals surface area contributed by atoms with Gasteiger partial charge in [0.2, 0.25) is 0 Å². The van der Waals surface area contributed by atoms with Crippen molar-refractivity contribution < 1.29 is 14.3 Å². The van der Waals surface area contributed by atoms with E-state index in [2.05, 4.69) is 0 Å². The fourth-order valence-corrected chi connectivity index (χ4v) is 1.54. The molecule has 0 spiro atoms. The van der Waals surface area contributed by atoms with E-state index in [1.165, 1.54) is 0 Å². The second-order valence-electron chi connectivity index (χ2n) is 3.10. The van der Waals surface area contributed by atoms with Crippen LogP contribution in [0.15, 0.2) is 28.9 Å². The lowest BCUT2D eigenvalue weighted by molar-refractivity contribution is 0.297. The third-order valence-corrected chi connectivity index (χ3v) is 2.24. The van der Waals surface area contributed by atoms with Gasteiger partial charge in [-0.3, -0.25) is 0 Å². The fraction of sp³-hybridized carbons (Fsp3) is 0.273. The van der Waals surface area contributed by atoms with Crippen molar-refractivity contribution in [3.63, 3.8) is 0 Å². The normalized spacial score (nSPS) is 10.7. The molecule has 0 aliphatic rings. The van der Waals surface area contributed by atoms with Crippen molar-refractivity contribution in [3.8, 4) is 5.75 Å². The van der Waals surface area contributed by atoms with E-state index in [0.29, 0.717) is 6.42 Å². The molecule has 1 heterocycles. The molecular weight excluding hydrogens is 180 g/mol. The Labute approximate surface area is 81.9 Å². The molecular formula is C11H12O3. The first-order valence-electron chi connectivity index (χ1n) is 4.50. The molecule has 1 aromatic heterocycles. The lowest BCUT2D eigenvalue weighted by atomic mass is 10.1. The van der Waals surface area contributed by atoms with Gasteiger partial charge in [-0.15, -0.1) is 0 Å². The quantitative estimate of drug-likeness (QED) is 0.808. The van der Waals surface area contributed by atoms with Gasteiger partial charge in [-0.1, -0.05) is 0 Å². The van der Waals surface area contributed by atoms with Gasteiger partial charge in [-0.05, 0) is 24.6 Å². The molecule has 0 unspecified atom stereocenters. The van der Waals surface area contributed by atoms with Crippen molar-refractivity contribution in [1.29, 1.82) is 0 Å². The van der Waals surface area contributed by atoms with Crippen LogP contribution in [0.5, 0.6) is 5.75 Å². The number of fused-ring (bicyclic) bond motifs is 1. The Kier molecular flexibility index (Phi) is 2.41. The van der Waals surface area contributed by atoms with Crippen molar-refractivity contribution >= 4 is 11.0 Å². The highest BCUT2D eigenvalue weighted by Crippen LogP contribution is 2.26. The second kappa shape index (κ2) is 3.72. The predicted molar refractivity (Wildman–Crippen MR) is 53.6 cm³/mol. The number of aliphatic hydroxyl groups excluding tert-OH is 1. The SMILES string of the molecule is COc1cc2ccoc2cc1CCO. The molecule has 14 heavy (non-hydrogen) atoms. The molecule has 0 saturated carbocycles. The van der Waals surface area contributed by atoms with Crippen molar-refractivity contribution in [2.75, 3.05) is 13.7 Å². The van der Waals surface area contributed by atoms with Gasteiger partial charge < -0.3 is 14.3 Å². The number of hydrogen-bond acceptors (Lipinski definition) is 3. The number of methoxy groups -OCH3 is 1. The van der Waals surface area contributed by atoms with E-state index in [-0.39, 0.29) is 6.61 Å². The topological polar surface area (TPSA) is 42.6 Å². The monoisotopic (exact) mass is 192 g/mol. The number of furan rings is 1. The van der Waals surface area contributed by atoms with Crippen molar-refractivity contribution in [1.82, 2.24) is 0 Å². The minimum absolute atomic E-state index is 0.114. The third kappa shape index (κ3) is 1.46. The van der Waals surface area contributed by atoms with Gasteiger partial charge in [-0.25, -0.2) is 0 Å². The highest BCUT2D eigenvalue weighted by Gasteiger charge is 2.06. The van der Waals surface area contributed by atoms with Crippen LogP contribution in [0.1, 0.15) is 5.56 Å². The van der Waals surface area contributed by atoms with Gasteiger partial charge in [0.05, 0.1) is 13.4 Å². The molecule has 0 amide bonds. The van der Waals surface area contributed by atoms with Crippen molar-refractivity contribution in [3.05, 3.63) is 30.0 Å². The smallest absolute Gasteiger partial charge is 0.134 e. The lowest BCUT2D eigenvalue weighted by Gasteiger charge is -2.06. The van der Waals surface area contributed by atoms with Crippen LogP contribution in [0.3, 0.4) is 0 Å². The molecule has 0 atom stereocenters. The van der Waals surface area contributed by atoms with E-state index in [1.54, 1.807) is 13.4 Å². The first-order valence-corrected chi connectivity index (χ1v) is 4.50. The van der Waals surface area contributed by atoms with Crippen LogP contribution in [-0.2, 0) is 6.42 Å². The van der Waals surface area contributed by atoms with Gasteiger partial charge in [0, 0.05) is 17.6 Å². The molecule has 0 bridgehead atoms. The van der Waals surface area contributed by atoms with Crippen molar-refractivity contribution in [2.24, 2.45) is 0 Å². The molecule has 3 nitrogen and oxygen atoms in total. The predicted octanol–water partition coefficient (Wildman–Crippen LogP) is 1.98. The molecule has 74 valence electrons. The van der Waals surface area contributed by atoms with Crippen LogP contribution in [0.2, 0.25) is 0 Å². The molecule has 0 saturated heterocycles. The summed E-state index contributed by atoms with van der Waals surface area (Å²) in [4.78, 5) is 0. The maximum absolute atomic E-state index is 8.88. The maximum Gasteiger partial charge on any atom is 0.134 e. The number of hydrogen-bond donors (Lipinski definition) is 1. The Hall–Kier alpha value is -1.48. The third-order valence-electron chi connectivity index (χ3n) is 2.24. The number of benzene rings is 1. The summed E-state index contributed by atoms with van der Waals surface area (Å²) in [5.74, 6) is 0.799. The summed E-state index contributed by atoms with van der Waals surface area (Å²) in [5, 5.41) is 9.89. The van der Waals surface area contributed by atoms with E-state index < -0.39 is 0 Å². The van der Waals surface area contributed by atoms with Gasteiger partial charge in [0.1, 0.15) is 11.3 Å². The van der Waals surface area contributed by atoms with Gasteiger partial charge in [0.15, 0.2) is 0 Å². The second-order valence-corrected chi connectivity index (χ2v) is 3.10. The minimum Gasteiger partial charge on any atom is -0.496 e. The zero-order valence-electron chi connectivity index (χ0n) is 7.99. The Morgan fingerprint density at radius 1 is 1.43 bits per heavy atom. The number of ether oxygens (including phenoxy) is 1. The zero-order chi connectivity index (χ0) is 9.97. The molecule has 1 aromatic carbocycles. The molecule has 2 aromatic rings. The first kappa shape index (κ1) is 9.09. The zero-order valence-corrected chi connectivity index (χ0v) is 7.99. The minimum atomic E-state index is 0.114. The molecule has 0 aliphatic carbocycles. The highest BCUT2D eigenvalue weighted by molar-refractivity contribution is 5.80. The average molecular weight is 192 g/mol. The van der Waals surface area contributed by atoms with E-state index in [0.717, 1.165) is 22.3 Å². The summed E-state index contributed by atoms with van der Waals surface area (Å²) in [6.45, 7) is 0.114. The van der Waals surface area contributed by atoms with Crippen LogP contribution in [0.25, 0.3) is 11.0 Å². The lowest BCUT2D eigenvalue weighted by Crippen LogP contribution is -1.95. The van der Waals surface area contributed by atoms with E-state index in [1.807, 2.05) is 18.2 Å². The van der Waals surface area contributed by atoms with Crippen LogP contribution < -0.4 is 4.74 Å². The maximum atomic E-state index is 8.88. The average Bonchev–Trinajstić information content (AvgIpc) is 2.64. The van der Waals surface area contributed by atoms with Crippen LogP contribution in [0, 0.1) is 0 Å². The Morgan fingerprint density at radius 2 is 2.29 bits per heavy atom. The first-order chi connectivity index (χ1) is 6.85. The molecule has 0 fully saturated rings. The number of rotatable bonds is 3. The Balaban J connectivity index is 2.54. The van der Waals surface area contributed by atoms with Gasteiger partial charge >= 0.3 is 0 Å². The molecule has 0 radical (unpaired) electrons.